The molecule has 0 radical (unpaired) electrons. The average Bonchev–Trinajstić information content (AvgIpc) is 2.88. The number of benzene rings is 3. The summed E-state index contributed by atoms with van der Waals surface area (Å²) in [5.41, 5.74) is 2.41. The van der Waals surface area contributed by atoms with Crippen molar-refractivity contribution in [3.8, 4) is 0 Å². The van der Waals surface area contributed by atoms with Gasteiger partial charge in [-0.3, -0.25) is 0 Å². The van der Waals surface area contributed by atoms with Crippen LogP contribution < -0.4 is 16.0 Å². The summed E-state index contributed by atoms with van der Waals surface area (Å²) in [5, 5.41) is 12.9. The van der Waals surface area contributed by atoms with E-state index in [-0.39, 0.29) is 6.04 Å². The lowest BCUT2D eigenvalue weighted by atomic mass is 9.96. The van der Waals surface area contributed by atoms with Crippen LogP contribution in [0.2, 0.25) is 0 Å². The van der Waals surface area contributed by atoms with Gasteiger partial charge in [0.05, 0.1) is 6.04 Å². The molecule has 3 N–H and O–H groups in total. The Morgan fingerprint density at radius 1 is 0.765 bits per heavy atom. The van der Waals surface area contributed by atoms with E-state index >= 15 is 0 Å². The van der Waals surface area contributed by atoms with Crippen LogP contribution in [-0.2, 0) is 6.54 Å². The number of nitrogens with one attached hydrogen (secondary N) is 3. The summed E-state index contributed by atoms with van der Waals surface area (Å²) in [7, 11) is 0. The summed E-state index contributed by atoms with van der Waals surface area (Å²) < 4.78 is 0. The lowest BCUT2D eigenvalue weighted by Crippen LogP contribution is -2.24. The van der Waals surface area contributed by atoms with Gasteiger partial charge in [0, 0.05) is 12.6 Å². The molecule has 6 nitrogen and oxygen atoms in total. The van der Waals surface area contributed by atoms with Crippen molar-refractivity contribution in [1.82, 2.24) is 15.0 Å². The quantitative estimate of drug-likeness (QED) is 0.281. The van der Waals surface area contributed by atoms with E-state index in [1.807, 2.05) is 18.2 Å². The Morgan fingerprint density at radius 3 is 2.32 bits per heavy atom. The molecular weight excluding hydrogens is 420 g/mol. The number of rotatable bonds is 8. The standard InChI is InChI=1S/C28H32N6/c1-20(24-18-10-14-22-13-8-9-17-25(22)24)30-27-32-26(29-19-21-11-4-2-5-12-21)33-28(34-27)31-23-15-6-3-7-16-23/h2,4-5,8-14,17-18,20,23H,3,6-7,15-16,19H2,1H3,(H3,29,30,31,32,33,34). The molecule has 0 spiro atoms. The smallest absolute Gasteiger partial charge is 0.229 e. The van der Waals surface area contributed by atoms with E-state index in [2.05, 4.69) is 82.5 Å². The zero-order valence-corrected chi connectivity index (χ0v) is 19.7. The van der Waals surface area contributed by atoms with Crippen molar-refractivity contribution in [3.63, 3.8) is 0 Å². The van der Waals surface area contributed by atoms with Gasteiger partial charge in [0.2, 0.25) is 17.8 Å². The molecule has 3 aromatic carbocycles. The maximum Gasteiger partial charge on any atom is 0.229 e. The summed E-state index contributed by atoms with van der Waals surface area (Å²) >= 11 is 0. The summed E-state index contributed by atoms with van der Waals surface area (Å²) in [6, 6.07) is 25.6. The van der Waals surface area contributed by atoms with Crippen molar-refractivity contribution in [2.24, 2.45) is 0 Å². The van der Waals surface area contributed by atoms with Gasteiger partial charge < -0.3 is 16.0 Å². The van der Waals surface area contributed by atoms with Crippen molar-refractivity contribution in [2.45, 2.75) is 57.7 Å². The number of hydrogen-bond acceptors (Lipinski definition) is 6. The molecule has 1 unspecified atom stereocenters. The van der Waals surface area contributed by atoms with Gasteiger partial charge in [-0.05, 0) is 41.7 Å². The Hall–Kier alpha value is -3.67. The summed E-state index contributed by atoms with van der Waals surface area (Å²) in [6.07, 6.45) is 6.14. The maximum absolute atomic E-state index is 4.74. The number of anilines is 3. The highest BCUT2D eigenvalue weighted by atomic mass is 15.3. The van der Waals surface area contributed by atoms with Crippen molar-refractivity contribution < 1.29 is 0 Å². The number of hydrogen-bond donors (Lipinski definition) is 3. The number of aromatic nitrogens is 3. The van der Waals surface area contributed by atoms with Gasteiger partial charge in [-0.1, -0.05) is 92.1 Å². The van der Waals surface area contributed by atoms with E-state index in [9.17, 15) is 0 Å². The zero-order chi connectivity index (χ0) is 23.2. The Morgan fingerprint density at radius 2 is 1.47 bits per heavy atom. The minimum absolute atomic E-state index is 0.0398. The van der Waals surface area contributed by atoms with Gasteiger partial charge in [-0.2, -0.15) is 15.0 Å². The lowest BCUT2D eigenvalue weighted by molar-refractivity contribution is 0.461. The van der Waals surface area contributed by atoms with Crippen LogP contribution in [-0.4, -0.2) is 21.0 Å². The fourth-order valence-electron chi connectivity index (χ4n) is 4.69. The zero-order valence-electron chi connectivity index (χ0n) is 19.7. The van der Waals surface area contributed by atoms with Gasteiger partial charge in [0.1, 0.15) is 0 Å². The Kier molecular flexibility index (Phi) is 6.84. The van der Waals surface area contributed by atoms with Crippen LogP contribution in [0.3, 0.4) is 0 Å². The highest BCUT2D eigenvalue weighted by Gasteiger charge is 2.17. The first-order valence-corrected chi connectivity index (χ1v) is 12.3. The monoisotopic (exact) mass is 452 g/mol. The minimum Gasteiger partial charge on any atom is -0.351 e. The Labute approximate surface area is 201 Å². The molecule has 5 rings (SSSR count). The van der Waals surface area contributed by atoms with Crippen LogP contribution in [0.1, 0.15) is 56.2 Å². The molecule has 1 atom stereocenters. The van der Waals surface area contributed by atoms with Crippen LogP contribution >= 0.6 is 0 Å². The molecule has 0 bridgehead atoms. The molecule has 174 valence electrons. The normalized spacial score (nSPS) is 15.1. The topological polar surface area (TPSA) is 74.8 Å². The van der Waals surface area contributed by atoms with E-state index in [1.165, 1.54) is 41.2 Å². The summed E-state index contributed by atoms with van der Waals surface area (Å²) in [6.45, 7) is 2.81. The summed E-state index contributed by atoms with van der Waals surface area (Å²) in [5.74, 6) is 1.78. The lowest BCUT2D eigenvalue weighted by Gasteiger charge is -2.23. The van der Waals surface area contributed by atoms with Crippen molar-refractivity contribution >= 4 is 28.6 Å². The van der Waals surface area contributed by atoms with E-state index in [1.54, 1.807) is 0 Å². The van der Waals surface area contributed by atoms with E-state index in [0.717, 1.165) is 12.8 Å². The first kappa shape index (κ1) is 22.1. The molecule has 34 heavy (non-hydrogen) atoms. The highest BCUT2D eigenvalue weighted by molar-refractivity contribution is 5.86. The second-order valence-corrected chi connectivity index (χ2v) is 9.06. The van der Waals surface area contributed by atoms with Crippen molar-refractivity contribution in [1.29, 1.82) is 0 Å². The second-order valence-electron chi connectivity index (χ2n) is 9.06. The van der Waals surface area contributed by atoms with Crippen LogP contribution in [0.15, 0.2) is 72.8 Å². The van der Waals surface area contributed by atoms with Gasteiger partial charge in [-0.15, -0.1) is 0 Å². The van der Waals surface area contributed by atoms with E-state index in [0.29, 0.717) is 30.4 Å². The molecule has 1 aliphatic rings. The van der Waals surface area contributed by atoms with Gasteiger partial charge in [-0.25, -0.2) is 0 Å². The third-order valence-corrected chi connectivity index (χ3v) is 6.50. The Balaban J connectivity index is 1.39. The van der Waals surface area contributed by atoms with E-state index in [4.69, 9.17) is 9.97 Å². The average molecular weight is 453 g/mol. The molecule has 1 aliphatic carbocycles. The van der Waals surface area contributed by atoms with Crippen LogP contribution in [0.5, 0.6) is 0 Å². The molecular formula is C28H32N6. The van der Waals surface area contributed by atoms with Gasteiger partial charge >= 0.3 is 0 Å². The van der Waals surface area contributed by atoms with Crippen LogP contribution in [0.25, 0.3) is 10.8 Å². The van der Waals surface area contributed by atoms with Crippen molar-refractivity contribution in [2.75, 3.05) is 16.0 Å². The fraction of sp³-hybridized carbons (Fsp3) is 0.321. The van der Waals surface area contributed by atoms with Gasteiger partial charge in [0.15, 0.2) is 0 Å². The maximum atomic E-state index is 4.74. The Bertz CT molecular complexity index is 1210. The number of fused-ring (bicyclic) bond motifs is 1. The predicted molar refractivity (Wildman–Crippen MR) is 140 cm³/mol. The minimum atomic E-state index is 0.0398. The molecule has 0 saturated heterocycles. The molecule has 1 aromatic heterocycles. The van der Waals surface area contributed by atoms with E-state index < -0.39 is 0 Å². The number of nitrogens with zero attached hydrogens (tertiary/aromatic N) is 3. The molecule has 6 heteroatoms. The molecule has 1 saturated carbocycles. The third kappa shape index (κ3) is 5.45. The second kappa shape index (κ2) is 10.5. The molecule has 0 aliphatic heterocycles. The largest absolute Gasteiger partial charge is 0.351 e. The first-order valence-electron chi connectivity index (χ1n) is 12.3. The molecule has 1 fully saturated rings. The fourth-order valence-corrected chi connectivity index (χ4v) is 4.69. The SMILES string of the molecule is CC(Nc1nc(NCc2ccccc2)nc(NC2CCCCC2)n1)c1cccc2ccccc12. The molecule has 4 aromatic rings. The summed E-state index contributed by atoms with van der Waals surface area (Å²) in [4.78, 5) is 14.1. The predicted octanol–water partition coefficient (Wildman–Crippen LogP) is 6.55. The van der Waals surface area contributed by atoms with Crippen LogP contribution in [0.4, 0.5) is 17.8 Å². The van der Waals surface area contributed by atoms with Crippen molar-refractivity contribution in [3.05, 3.63) is 83.9 Å². The highest BCUT2D eigenvalue weighted by Crippen LogP contribution is 2.27. The third-order valence-electron chi connectivity index (χ3n) is 6.50. The molecule has 0 amide bonds. The van der Waals surface area contributed by atoms with Crippen LogP contribution in [0, 0.1) is 0 Å². The first-order chi connectivity index (χ1) is 16.7. The molecule has 1 heterocycles. The van der Waals surface area contributed by atoms with Gasteiger partial charge in [0.25, 0.3) is 0 Å².